The van der Waals surface area contributed by atoms with E-state index in [-0.39, 0.29) is 11.9 Å². The predicted octanol–water partition coefficient (Wildman–Crippen LogP) is 1.31. The molecule has 1 aromatic carbocycles. The molecule has 0 saturated carbocycles. The van der Waals surface area contributed by atoms with Crippen molar-refractivity contribution < 1.29 is 9.59 Å². The molecule has 1 fully saturated rings. The first kappa shape index (κ1) is 16.4. The maximum absolute atomic E-state index is 12.4. The molecule has 3 amide bonds. The molecule has 0 unspecified atom stereocenters. The number of imide groups is 1. The number of benzene rings is 1. The van der Waals surface area contributed by atoms with Gasteiger partial charge in [0.05, 0.1) is 10.9 Å². The predicted molar refractivity (Wildman–Crippen MR) is 89.1 cm³/mol. The van der Waals surface area contributed by atoms with Crippen LogP contribution in [-0.4, -0.2) is 55.4 Å². The fraction of sp³-hybridized carbons (Fsp3) is 0.400. The van der Waals surface area contributed by atoms with E-state index >= 15 is 0 Å². The Morgan fingerprint density at radius 2 is 2.17 bits per heavy atom. The highest BCUT2D eigenvalue weighted by Gasteiger charge is 2.31. The molecular formula is C15H18N6O2S. The summed E-state index contributed by atoms with van der Waals surface area (Å²) in [6.07, 6.45) is 0. The van der Waals surface area contributed by atoms with Crippen molar-refractivity contribution in [2.24, 2.45) is 0 Å². The summed E-state index contributed by atoms with van der Waals surface area (Å²) in [5.41, 5.74) is 3.01. The summed E-state index contributed by atoms with van der Waals surface area (Å²) in [6.45, 7) is 6.61. The Kier molecular flexibility index (Phi) is 4.52. The third-order valence-electron chi connectivity index (χ3n) is 3.79. The number of nitrogens with zero attached hydrogens (tertiary/aromatic N) is 5. The van der Waals surface area contributed by atoms with Crippen LogP contribution in [0.25, 0.3) is 5.69 Å². The summed E-state index contributed by atoms with van der Waals surface area (Å²) < 4.78 is 1.63. The topological polar surface area (TPSA) is 93.0 Å². The Bertz CT molecular complexity index is 790. The molecule has 0 aliphatic carbocycles. The third-order valence-corrected chi connectivity index (χ3v) is 4.81. The molecule has 1 N–H and O–H groups in total. The largest absolute Gasteiger partial charge is 0.336 e. The van der Waals surface area contributed by atoms with Gasteiger partial charge in [-0.15, -0.1) is 5.10 Å². The van der Waals surface area contributed by atoms with Crippen LogP contribution in [0, 0.1) is 13.8 Å². The van der Waals surface area contributed by atoms with Gasteiger partial charge >= 0.3 is 6.03 Å². The molecule has 1 aliphatic rings. The Balaban J connectivity index is 1.82. The zero-order valence-corrected chi connectivity index (χ0v) is 14.5. The second kappa shape index (κ2) is 6.60. The van der Waals surface area contributed by atoms with Gasteiger partial charge in [0.25, 0.3) is 0 Å². The van der Waals surface area contributed by atoms with Crippen LogP contribution in [0.15, 0.2) is 23.4 Å². The monoisotopic (exact) mass is 346 g/mol. The number of hydrogen-bond acceptors (Lipinski definition) is 6. The molecule has 0 bridgehead atoms. The average Bonchev–Trinajstić information content (AvgIpc) is 3.18. The van der Waals surface area contributed by atoms with Crippen LogP contribution in [0.2, 0.25) is 0 Å². The normalized spacial score (nSPS) is 15.5. The molecule has 1 aromatic heterocycles. The van der Waals surface area contributed by atoms with E-state index in [1.54, 1.807) is 11.6 Å². The van der Waals surface area contributed by atoms with Gasteiger partial charge in [0.15, 0.2) is 0 Å². The maximum Gasteiger partial charge on any atom is 0.324 e. The van der Waals surface area contributed by atoms with Crippen LogP contribution in [0.5, 0.6) is 0 Å². The number of thioether (sulfide) groups is 1. The van der Waals surface area contributed by atoms with E-state index in [2.05, 4.69) is 20.8 Å². The average molecular weight is 346 g/mol. The summed E-state index contributed by atoms with van der Waals surface area (Å²) >= 11 is 1.24. The molecule has 24 heavy (non-hydrogen) atoms. The van der Waals surface area contributed by atoms with Crippen LogP contribution in [0.3, 0.4) is 0 Å². The van der Waals surface area contributed by atoms with Gasteiger partial charge in [-0.25, -0.2) is 4.79 Å². The molecule has 2 aromatic rings. The fourth-order valence-corrected chi connectivity index (χ4v) is 3.32. The van der Waals surface area contributed by atoms with Crippen molar-refractivity contribution in [1.29, 1.82) is 0 Å². The number of carbonyl (C=O) groups is 2. The Morgan fingerprint density at radius 3 is 2.88 bits per heavy atom. The molecule has 8 nitrogen and oxygen atoms in total. The van der Waals surface area contributed by atoms with Gasteiger partial charge in [0.1, 0.15) is 0 Å². The van der Waals surface area contributed by atoms with E-state index < -0.39 is 5.25 Å². The quantitative estimate of drug-likeness (QED) is 0.839. The molecule has 9 heteroatoms. The number of hydrogen-bond donors (Lipinski definition) is 1. The first-order valence-corrected chi connectivity index (χ1v) is 8.47. The highest BCUT2D eigenvalue weighted by atomic mass is 32.2. The fourth-order valence-electron chi connectivity index (χ4n) is 2.46. The molecule has 1 aliphatic heterocycles. The molecule has 0 radical (unpaired) electrons. The van der Waals surface area contributed by atoms with Gasteiger partial charge in [0, 0.05) is 13.1 Å². The lowest BCUT2D eigenvalue weighted by atomic mass is 10.1. The first-order valence-electron chi connectivity index (χ1n) is 7.59. The number of urea groups is 1. The molecule has 3 rings (SSSR count). The first-order chi connectivity index (χ1) is 11.5. The SMILES string of the molecule is Cc1ccc(C)c(-n2nnnc2S[C@H](C)C(=O)N2CCNC2=O)c1. The lowest BCUT2D eigenvalue weighted by Crippen LogP contribution is -2.39. The van der Waals surface area contributed by atoms with Crippen LogP contribution >= 0.6 is 11.8 Å². The molecule has 0 spiro atoms. The van der Waals surface area contributed by atoms with Crippen LogP contribution < -0.4 is 5.32 Å². The molecule has 126 valence electrons. The zero-order chi connectivity index (χ0) is 17.3. The number of rotatable bonds is 4. The molecule has 1 atom stereocenters. The number of aromatic nitrogens is 4. The smallest absolute Gasteiger partial charge is 0.324 e. The van der Waals surface area contributed by atoms with Crippen molar-refractivity contribution >= 4 is 23.7 Å². The summed E-state index contributed by atoms with van der Waals surface area (Å²) in [6, 6.07) is 5.68. The van der Waals surface area contributed by atoms with E-state index in [9.17, 15) is 9.59 Å². The number of tetrazole rings is 1. The number of aryl methyl sites for hydroxylation is 2. The second-order valence-electron chi connectivity index (χ2n) is 5.65. The standard InChI is InChI=1S/C15H18N6O2S/c1-9-4-5-10(2)12(8-9)21-15(17-18-19-21)24-11(3)13(22)20-7-6-16-14(20)23/h4-5,8,11H,6-7H2,1-3H3,(H,16,23)/t11-/m1/s1. The Hall–Kier alpha value is -2.42. The Morgan fingerprint density at radius 1 is 1.38 bits per heavy atom. The van der Waals surface area contributed by atoms with Gasteiger partial charge in [-0.2, -0.15) is 4.68 Å². The van der Waals surface area contributed by atoms with Crippen LogP contribution in [-0.2, 0) is 4.79 Å². The van der Waals surface area contributed by atoms with Crippen molar-refractivity contribution in [3.8, 4) is 5.69 Å². The van der Waals surface area contributed by atoms with Gasteiger partial charge in [0.2, 0.25) is 11.1 Å². The summed E-state index contributed by atoms with van der Waals surface area (Å²) in [5, 5.41) is 14.5. The van der Waals surface area contributed by atoms with Crippen molar-refractivity contribution in [2.45, 2.75) is 31.2 Å². The van der Waals surface area contributed by atoms with Crippen molar-refractivity contribution in [3.63, 3.8) is 0 Å². The van der Waals surface area contributed by atoms with Gasteiger partial charge in [-0.1, -0.05) is 23.9 Å². The number of carbonyl (C=O) groups excluding carboxylic acids is 2. The van der Waals surface area contributed by atoms with Crippen molar-refractivity contribution in [3.05, 3.63) is 29.3 Å². The van der Waals surface area contributed by atoms with E-state index in [1.165, 1.54) is 16.7 Å². The zero-order valence-electron chi connectivity index (χ0n) is 13.7. The highest BCUT2D eigenvalue weighted by molar-refractivity contribution is 8.00. The number of nitrogens with one attached hydrogen (secondary N) is 1. The summed E-state index contributed by atoms with van der Waals surface area (Å²) in [4.78, 5) is 25.3. The van der Waals surface area contributed by atoms with Gasteiger partial charge < -0.3 is 5.32 Å². The van der Waals surface area contributed by atoms with E-state index in [0.717, 1.165) is 16.8 Å². The molecule has 1 saturated heterocycles. The lowest BCUT2D eigenvalue weighted by Gasteiger charge is -2.17. The summed E-state index contributed by atoms with van der Waals surface area (Å²) in [5.74, 6) is -0.245. The Labute approximate surface area is 143 Å². The minimum Gasteiger partial charge on any atom is -0.336 e. The summed E-state index contributed by atoms with van der Waals surface area (Å²) in [7, 11) is 0. The minimum absolute atomic E-state index is 0.245. The van der Waals surface area contributed by atoms with E-state index in [0.29, 0.717) is 18.2 Å². The molecular weight excluding hydrogens is 328 g/mol. The third kappa shape index (κ3) is 3.12. The van der Waals surface area contributed by atoms with Gasteiger partial charge in [-0.05, 0) is 48.4 Å². The van der Waals surface area contributed by atoms with Gasteiger partial charge in [-0.3, -0.25) is 9.69 Å². The van der Waals surface area contributed by atoms with Crippen LogP contribution in [0.4, 0.5) is 4.79 Å². The van der Waals surface area contributed by atoms with Crippen molar-refractivity contribution in [1.82, 2.24) is 30.4 Å². The lowest BCUT2D eigenvalue weighted by molar-refractivity contribution is -0.126. The highest BCUT2D eigenvalue weighted by Crippen LogP contribution is 2.26. The van der Waals surface area contributed by atoms with Crippen LogP contribution in [0.1, 0.15) is 18.1 Å². The number of amides is 3. The second-order valence-corrected chi connectivity index (χ2v) is 6.95. The van der Waals surface area contributed by atoms with E-state index in [4.69, 9.17) is 0 Å². The van der Waals surface area contributed by atoms with Crippen molar-refractivity contribution in [2.75, 3.05) is 13.1 Å². The molecule has 2 heterocycles. The van der Waals surface area contributed by atoms with E-state index in [1.807, 2.05) is 32.0 Å². The maximum atomic E-state index is 12.4. The minimum atomic E-state index is -0.469.